The number of methoxy groups -OCH3 is 3. The van der Waals surface area contributed by atoms with E-state index in [1.54, 1.807) is 41.1 Å². The maximum Gasteiger partial charge on any atom is 0.329 e. The number of esters is 1. The van der Waals surface area contributed by atoms with Crippen molar-refractivity contribution in [2.75, 3.05) is 27.9 Å². The Morgan fingerprint density at radius 1 is 0.846 bits per heavy atom. The van der Waals surface area contributed by atoms with Crippen LogP contribution >= 0.6 is 0 Å². The molecule has 1 saturated carbocycles. The molecule has 3 fully saturated rings. The van der Waals surface area contributed by atoms with Crippen LogP contribution in [-0.4, -0.2) is 132 Å². The topological polar surface area (TPSA) is 195 Å². The number of ether oxygens (including phenoxy) is 5. The molecule has 15 atom stereocenters. The molecule has 0 aromatic carbocycles. The molecule has 2 bridgehead atoms. The lowest BCUT2D eigenvalue weighted by Crippen LogP contribution is -2.61. The number of rotatable bonds is 6. The average Bonchev–Trinajstić information content (AvgIpc) is 3.28. The second kappa shape index (κ2) is 25.1. The number of carbonyl (C=O) groups excluding carboxylic acids is 5. The fraction of sp³-hybridized carbons (Fsp3) is 0.745. The number of allylic oxidation sites excluding steroid dienone is 6. The van der Waals surface area contributed by atoms with Gasteiger partial charge in [0.1, 0.15) is 30.1 Å². The summed E-state index contributed by atoms with van der Waals surface area (Å²) in [6.07, 6.45) is 11.2. The highest BCUT2D eigenvalue weighted by Gasteiger charge is 2.53. The summed E-state index contributed by atoms with van der Waals surface area (Å²) in [5, 5.41) is 33.8. The van der Waals surface area contributed by atoms with Crippen molar-refractivity contribution in [3.8, 4) is 0 Å². The minimum atomic E-state index is -2.43. The van der Waals surface area contributed by atoms with E-state index in [2.05, 4.69) is 0 Å². The first-order chi connectivity index (χ1) is 30.7. The van der Waals surface area contributed by atoms with Crippen LogP contribution in [0.2, 0.25) is 0 Å². The van der Waals surface area contributed by atoms with Gasteiger partial charge in [0.2, 0.25) is 5.79 Å². The lowest BCUT2D eigenvalue weighted by atomic mass is 9.78. The van der Waals surface area contributed by atoms with Gasteiger partial charge >= 0.3 is 5.97 Å². The zero-order valence-electron chi connectivity index (χ0n) is 40.6. The quantitative estimate of drug-likeness (QED) is 0.156. The van der Waals surface area contributed by atoms with Gasteiger partial charge in [-0.3, -0.25) is 19.2 Å². The number of nitrogens with zero attached hydrogens (tertiary/aromatic N) is 1. The van der Waals surface area contributed by atoms with Crippen LogP contribution in [0, 0.1) is 35.5 Å². The van der Waals surface area contributed by atoms with Gasteiger partial charge in [0.05, 0.1) is 24.4 Å². The minimum Gasteiger partial charge on any atom is -0.460 e. The maximum atomic E-state index is 14.4. The number of hydrogen-bond donors (Lipinski definition) is 3. The van der Waals surface area contributed by atoms with Crippen molar-refractivity contribution in [1.29, 1.82) is 0 Å². The SMILES string of the molecule is CO[C@@H]1C[C@@H]2CC[C@@H](C)[C@@](O)(O2)C(=O)C(=O)N2CCCC[C@H]2C(=O)OC([C@@H](C)CC2CC[C@@H](O)[C@H](OC)C2)CC(=O)[C@H](C)/C=C(\C)[C@@H](O)[C@@H](OC)C(=O)[C@@H](C)C[C@H](C)/C=C/C=C/C=C/1C. The molecule has 366 valence electrons. The number of piperidine rings is 1. The van der Waals surface area contributed by atoms with Crippen molar-refractivity contribution in [1.82, 2.24) is 4.90 Å². The van der Waals surface area contributed by atoms with Gasteiger partial charge in [0.25, 0.3) is 11.7 Å². The van der Waals surface area contributed by atoms with Crippen LogP contribution in [0.25, 0.3) is 0 Å². The normalized spacial score (nSPS) is 40.4. The van der Waals surface area contributed by atoms with Crippen molar-refractivity contribution in [2.45, 2.75) is 180 Å². The first-order valence-corrected chi connectivity index (χ1v) is 23.9. The molecule has 3 heterocycles. The van der Waals surface area contributed by atoms with E-state index in [0.717, 1.165) is 12.0 Å². The Labute approximate surface area is 387 Å². The number of carbonyl (C=O) groups is 5. The van der Waals surface area contributed by atoms with E-state index in [9.17, 15) is 39.3 Å². The number of hydrogen-bond acceptors (Lipinski definition) is 13. The van der Waals surface area contributed by atoms with E-state index in [4.69, 9.17) is 23.7 Å². The Kier molecular flexibility index (Phi) is 21.0. The summed E-state index contributed by atoms with van der Waals surface area (Å²) in [7, 11) is 4.52. The predicted molar refractivity (Wildman–Crippen MR) is 245 cm³/mol. The molecule has 14 nitrogen and oxygen atoms in total. The van der Waals surface area contributed by atoms with Crippen LogP contribution in [0.5, 0.6) is 0 Å². The number of amides is 1. The first kappa shape index (κ1) is 54.2. The number of Topliss-reactive ketones (excluding diaryl/α,β-unsaturated/α-hetero) is 3. The number of aliphatic hydroxyl groups is 3. The van der Waals surface area contributed by atoms with E-state index in [1.165, 1.54) is 12.0 Å². The van der Waals surface area contributed by atoms with Gasteiger partial charge in [-0.05, 0) is 107 Å². The molecular weight excluding hydrogens is 835 g/mol. The fourth-order valence-electron chi connectivity index (χ4n) is 10.1. The van der Waals surface area contributed by atoms with Crippen LogP contribution < -0.4 is 0 Å². The van der Waals surface area contributed by atoms with Crippen LogP contribution in [0.3, 0.4) is 0 Å². The number of ketones is 3. The Morgan fingerprint density at radius 2 is 1.57 bits per heavy atom. The molecule has 2 saturated heterocycles. The molecule has 2 unspecified atom stereocenters. The Hall–Kier alpha value is -3.37. The molecule has 14 heteroatoms. The molecule has 0 aromatic rings. The van der Waals surface area contributed by atoms with E-state index in [1.807, 2.05) is 58.1 Å². The van der Waals surface area contributed by atoms with Gasteiger partial charge in [-0.2, -0.15) is 0 Å². The summed E-state index contributed by atoms with van der Waals surface area (Å²) in [4.78, 5) is 71.8. The van der Waals surface area contributed by atoms with Crippen molar-refractivity contribution in [2.24, 2.45) is 35.5 Å². The molecular formula is C51H79NO13. The molecule has 3 aliphatic heterocycles. The number of aliphatic hydroxyl groups excluding tert-OH is 2. The van der Waals surface area contributed by atoms with Crippen molar-refractivity contribution in [3.05, 3.63) is 47.6 Å². The lowest BCUT2D eigenvalue weighted by Gasteiger charge is -2.42. The second-order valence-electron chi connectivity index (χ2n) is 19.6. The number of cyclic esters (lactones) is 1. The molecule has 0 spiro atoms. The highest BCUT2D eigenvalue weighted by atomic mass is 16.6. The molecule has 1 amide bonds. The Balaban J connectivity index is 1.70. The lowest BCUT2D eigenvalue weighted by molar-refractivity contribution is -0.265. The molecule has 4 aliphatic rings. The third-order valence-corrected chi connectivity index (χ3v) is 14.5. The number of fused-ring (bicyclic) bond motifs is 3. The van der Waals surface area contributed by atoms with Crippen LogP contribution in [0.15, 0.2) is 47.6 Å². The van der Waals surface area contributed by atoms with Crippen LogP contribution in [-0.2, 0) is 47.7 Å². The van der Waals surface area contributed by atoms with Gasteiger partial charge in [-0.15, -0.1) is 0 Å². The third-order valence-electron chi connectivity index (χ3n) is 14.5. The Bertz CT molecular complexity index is 1760. The van der Waals surface area contributed by atoms with Gasteiger partial charge in [-0.1, -0.05) is 71.1 Å². The van der Waals surface area contributed by atoms with E-state index in [0.29, 0.717) is 63.4 Å². The van der Waals surface area contributed by atoms with E-state index in [-0.39, 0.29) is 54.8 Å². The average molecular weight is 914 g/mol. The van der Waals surface area contributed by atoms with Crippen LogP contribution in [0.1, 0.15) is 126 Å². The zero-order chi connectivity index (χ0) is 48.2. The van der Waals surface area contributed by atoms with Gasteiger partial charge in [0, 0.05) is 58.5 Å². The van der Waals surface area contributed by atoms with Gasteiger partial charge in [-0.25, -0.2) is 4.79 Å². The van der Waals surface area contributed by atoms with Crippen molar-refractivity contribution < 1.29 is 63.0 Å². The molecule has 3 N–H and O–H groups in total. The smallest absolute Gasteiger partial charge is 0.329 e. The van der Waals surface area contributed by atoms with Gasteiger partial charge < -0.3 is 43.9 Å². The summed E-state index contributed by atoms with van der Waals surface area (Å²) >= 11 is 0. The minimum absolute atomic E-state index is 0.0193. The second-order valence-corrected chi connectivity index (χ2v) is 19.6. The molecule has 1 aliphatic carbocycles. The van der Waals surface area contributed by atoms with Crippen molar-refractivity contribution in [3.63, 3.8) is 0 Å². The highest BCUT2D eigenvalue weighted by Crippen LogP contribution is 2.38. The largest absolute Gasteiger partial charge is 0.460 e. The monoisotopic (exact) mass is 914 g/mol. The molecule has 4 rings (SSSR count). The third kappa shape index (κ3) is 14.3. The summed E-state index contributed by atoms with van der Waals surface area (Å²) in [5.41, 5.74) is 1.27. The van der Waals surface area contributed by atoms with Crippen molar-refractivity contribution >= 4 is 29.2 Å². The zero-order valence-corrected chi connectivity index (χ0v) is 40.6. The standard InChI is InChI=1S/C51H79NO13/c1-30-16-12-11-13-17-31(2)42(61-8)28-38-21-19-36(7)51(60,65-38)48(57)49(58)52-23-15-14-18-39(52)50(59)64-43(33(4)26-37-20-22-40(53)44(27-37)62-9)29-41(54)32(3)25-35(6)46(56)47(63-10)45(55)34(5)24-30/h11-13,16-17,25,30,32-34,36-40,42-44,46-47,53,56,60H,14-15,18-24,26-29H2,1-10H3/b13-11+,16-12+,31-17+,35-25+/t30-,32-,33+,34+,36-,37?,38+,39+,40-,42-,43?,44-,46-,47+,51-/m1/s1. The predicted octanol–water partition coefficient (Wildman–Crippen LogP) is 6.18. The molecule has 0 aromatic heterocycles. The summed E-state index contributed by atoms with van der Waals surface area (Å²) in [6.45, 7) is 12.7. The van der Waals surface area contributed by atoms with E-state index < -0.39 is 83.9 Å². The van der Waals surface area contributed by atoms with Crippen LogP contribution in [0.4, 0.5) is 0 Å². The highest BCUT2D eigenvalue weighted by molar-refractivity contribution is 6.39. The molecule has 65 heavy (non-hydrogen) atoms. The summed E-state index contributed by atoms with van der Waals surface area (Å²) in [6, 6.07) is -1.14. The van der Waals surface area contributed by atoms with E-state index >= 15 is 0 Å². The molecule has 0 radical (unpaired) electrons. The first-order valence-electron chi connectivity index (χ1n) is 23.9. The van der Waals surface area contributed by atoms with Gasteiger partial charge in [0.15, 0.2) is 5.78 Å². The fourth-order valence-corrected chi connectivity index (χ4v) is 10.1. The Morgan fingerprint density at radius 3 is 2.25 bits per heavy atom. The summed E-state index contributed by atoms with van der Waals surface area (Å²) < 4.78 is 29.4. The summed E-state index contributed by atoms with van der Waals surface area (Å²) in [5.74, 6) is -7.96. The maximum absolute atomic E-state index is 14.4.